The number of fused-ring (bicyclic) bond motifs is 1. The van der Waals surface area contributed by atoms with E-state index < -0.39 is 0 Å². The van der Waals surface area contributed by atoms with Gasteiger partial charge in [0.25, 0.3) is 0 Å². The molecule has 0 unspecified atom stereocenters. The number of aromatic amines is 1. The predicted molar refractivity (Wildman–Crippen MR) is 74.8 cm³/mol. The Morgan fingerprint density at radius 3 is 2.67 bits per heavy atom. The third-order valence-corrected chi connectivity index (χ3v) is 5.29. The van der Waals surface area contributed by atoms with Crippen molar-refractivity contribution in [2.75, 3.05) is 0 Å². The third kappa shape index (κ3) is 1.93. The van der Waals surface area contributed by atoms with E-state index in [0.717, 1.165) is 18.5 Å². The standard InChI is InChI=1S/C11H12Br2N4O/c12-8-9(13)17-10(14-8)7(15-16-11(17)18)6-4-2-1-3-5-6/h6H,1-5H2,(H,16,18). The van der Waals surface area contributed by atoms with Crippen LogP contribution in [-0.4, -0.2) is 19.6 Å². The van der Waals surface area contributed by atoms with Gasteiger partial charge >= 0.3 is 5.69 Å². The summed E-state index contributed by atoms with van der Waals surface area (Å²) in [5, 5.41) is 6.78. The van der Waals surface area contributed by atoms with Gasteiger partial charge in [-0.15, -0.1) is 0 Å². The molecule has 2 aromatic heterocycles. The molecule has 18 heavy (non-hydrogen) atoms. The zero-order chi connectivity index (χ0) is 12.7. The molecule has 96 valence electrons. The van der Waals surface area contributed by atoms with Crippen molar-refractivity contribution in [1.82, 2.24) is 19.6 Å². The molecule has 0 aromatic carbocycles. The quantitative estimate of drug-likeness (QED) is 0.833. The fourth-order valence-corrected chi connectivity index (χ4v) is 3.35. The highest BCUT2D eigenvalue weighted by Crippen LogP contribution is 2.34. The molecule has 3 rings (SSSR count). The number of hydrogen-bond acceptors (Lipinski definition) is 3. The summed E-state index contributed by atoms with van der Waals surface area (Å²) in [4.78, 5) is 16.2. The second kappa shape index (κ2) is 4.77. The van der Waals surface area contributed by atoms with Crippen LogP contribution in [0.4, 0.5) is 0 Å². The molecule has 0 atom stereocenters. The maximum absolute atomic E-state index is 11.8. The summed E-state index contributed by atoms with van der Waals surface area (Å²) in [6, 6.07) is 0. The first kappa shape index (κ1) is 12.3. The smallest absolute Gasteiger partial charge is 0.246 e. The minimum Gasteiger partial charge on any atom is -0.246 e. The fourth-order valence-electron chi connectivity index (χ4n) is 2.59. The lowest BCUT2D eigenvalue weighted by molar-refractivity contribution is 0.434. The topological polar surface area (TPSA) is 63.0 Å². The van der Waals surface area contributed by atoms with Gasteiger partial charge in [-0.25, -0.2) is 19.3 Å². The van der Waals surface area contributed by atoms with Gasteiger partial charge in [-0.05, 0) is 44.7 Å². The van der Waals surface area contributed by atoms with E-state index in [2.05, 4.69) is 47.0 Å². The number of imidazole rings is 1. The molecular weight excluding hydrogens is 364 g/mol. The number of halogens is 2. The van der Waals surface area contributed by atoms with E-state index in [4.69, 9.17) is 0 Å². The van der Waals surface area contributed by atoms with Crippen LogP contribution in [0.25, 0.3) is 5.65 Å². The second-order valence-corrected chi connectivity index (χ2v) is 6.10. The summed E-state index contributed by atoms with van der Waals surface area (Å²) in [6.45, 7) is 0. The highest BCUT2D eigenvalue weighted by molar-refractivity contribution is 9.13. The molecule has 5 nitrogen and oxygen atoms in total. The Balaban J connectivity index is 2.21. The third-order valence-electron chi connectivity index (χ3n) is 3.48. The number of hydrogen-bond donors (Lipinski definition) is 1. The molecule has 1 fully saturated rings. The lowest BCUT2D eigenvalue weighted by Gasteiger charge is -2.20. The van der Waals surface area contributed by atoms with Crippen LogP contribution < -0.4 is 5.69 Å². The van der Waals surface area contributed by atoms with Crippen LogP contribution in [0.15, 0.2) is 14.0 Å². The molecule has 1 N–H and O–H groups in total. The first-order valence-corrected chi connectivity index (χ1v) is 7.59. The summed E-state index contributed by atoms with van der Waals surface area (Å²) in [5.41, 5.74) is 1.29. The summed E-state index contributed by atoms with van der Waals surface area (Å²) < 4.78 is 2.80. The highest BCUT2D eigenvalue weighted by Gasteiger charge is 2.23. The van der Waals surface area contributed by atoms with Crippen molar-refractivity contribution in [1.29, 1.82) is 0 Å². The molecule has 0 spiro atoms. The van der Waals surface area contributed by atoms with E-state index in [9.17, 15) is 4.79 Å². The van der Waals surface area contributed by atoms with Crippen LogP contribution in [0.3, 0.4) is 0 Å². The molecule has 0 amide bonds. The molecule has 0 aliphatic heterocycles. The van der Waals surface area contributed by atoms with Crippen LogP contribution in [0.5, 0.6) is 0 Å². The Morgan fingerprint density at radius 2 is 1.94 bits per heavy atom. The lowest BCUT2D eigenvalue weighted by Crippen LogP contribution is -2.21. The van der Waals surface area contributed by atoms with Gasteiger partial charge in [0.2, 0.25) is 0 Å². The van der Waals surface area contributed by atoms with Gasteiger partial charge < -0.3 is 0 Å². The molecule has 0 bridgehead atoms. The van der Waals surface area contributed by atoms with Crippen molar-refractivity contribution in [3.05, 3.63) is 25.4 Å². The van der Waals surface area contributed by atoms with Crippen LogP contribution in [-0.2, 0) is 0 Å². The van der Waals surface area contributed by atoms with Gasteiger partial charge in [-0.2, -0.15) is 5.10 Å². The van der Waals surface area contributed by atoms with Gasteiger partial charge in [0, 0.05) is 5.92 Å². The molecular formula is C11H12Br2N4O. The van der Waals surface area contributed by atoms with Crippen molar-refractivity contribution in [3.8, 4) is 0 Å². The van der Waals surface area contributed by atoms with Gasteiger partial charge in [-0.3, -0.25) is 0 Å². The van der Waals surface area contributed by atoms with Crippen molar-refractivity contribution in [2.24, 2.45) is 0 Å². The van der Waals surface area contributed by atoms with Gasteiger partial charge in [0.1, 0.15) is 14.9 Å². The molecule has 2 aromatic rings. The number of H-pyrrole nitrogens is 1. The minimum absolute atomic E-state index is 0.269. The zero-order valence-corrected chi connectivity index (χ0v) is 12.8. The summed E-state index contributed by atoms with van der Waals surface area (Å²) in [7, 11) is 0. The van der Waals surface area contributed by atoms with Crippen molar-refractivity contribution in [2.45, 2.75) is 38.0 Å². The van der Waals surface area contributed by atoms with E-state index >= 15 is 0 Å². The van der Waals surface area contributed by atoms with Gasteiger partial charge in [0.15, 0.2) is 5.65 Å². The largest absolute Gasteiger partial charge is 0.348 e. The van der Waals surface area contributed by atoms with Crippen LogP contribution in [0.2, 0.25) is 0 Å². The van der Waals surface area contributed by atoms with Crippen LogP contribution >= 0.6 is 31.9 Å². The zero-order valence-electron chi connectivity index (χ0n) is 9.62. The molecule has 1 aliphatic carbocycles. The van der Waals surface area contributed by atoms with Crippen LogP contribution in [0, 0.1) is 0 Å². The average Bonchev–Trinajstić information content (AvgIpc) is 2.68. The molecule has 0 saturated heterocycles. The lowest BCUT2D eigenvalue weighted by atomic mass is 9.87. The molecule has 2 heterocycles. The Bertz CT molecular complexity index is 642. The normalized spacial score (nSPS) is 17.4. The van der Waals surface area contributed by atoms with Crippen molar-refractivity contribution < 1.29 is 0 Å². The molecule has 0 radical (unpaired) electrons. The highest BCUT2D eigenvalue weighted by atomic mass is 79.9. The van der Waals surface area contributed by atoms with E-state index in [-0.39, 0.29) is 5.69 Å². The Hall–Kier alpha value is -0.690. The maximum atomic E-state index is 11.8. The van der Waals surface area contributed by atoms with Crippen molar-refractivity contribution in [3.63, 3.8) is 0 Å². The van der Waals surface area contributed by atoms with E-state index in [1.807, 2.05) is 0 Å². The summed E-state index contributed by atoms with van der Waals surface area (Å²) >= 11 is 6.71. The molecule has 1 saturated carbocycles. The van der Waals surface area contributed by atoms with Gasteiger partial charge in [-0.1, -0.05) is 19.3 Å². The second-order valence-electron chi connectivity index (χ2n) is 4.60. The fraction of sp³-hybridized carbons (Fsp3) is 0.545. The number of nitrogens with one attached hydrogen (secondary N) is 1. The Labute approximate surface area is 120 Å². The number of aromatic nitrogens is 4. The molecule has 7 heteroatoms. The van der Waals surface area contributed by atoms with E-state index in [1.54, 1.807) is 0 Å². The Kier molecular flexibility index (Phi) is 3.27. The maximum Gasteiger partial charge on any atom is 0.348 e. The monoisotopic (exact) mass is 374 g/mol. The average molecular weight is 376 g/mol. The first-order chi connectivity index (χ1) is 8.68. The van der Waals surface area contributed by atoms with Gasteiger partial charge in [0.05, 0.1) is 0 Å². The summed E-state index contributed by atoms with van der Waals surface area (Å²) in [5.74, 6) is 0.402. The molecule has 1 aliphatic rings. The predicted octanol–water partition coefficient (Wildman–Crippen LogP) is 2.99. The number of nitrogens with zero attached hydrogens (tertiary/aromatic N) is 3. The Morgan fingerprint density at radius 1 is 1.22 bits per heavy atom. The van der Waals surface area contributed by atoms with Crippen LogP contribution in [0.1, 0.15) is 43.7 Å². The first-order valence-electron chi connectivity index (χ1n) is 6.00. The SMILES string of the molecule is O=c1[nH]nc(C2CCCCC2)c2nc(Br)c(Br)n12. The minimum atomic E-state index is -0.269. The van der Waals surface area contributed by atoms with Crippen molar-refractivity contribution >= 4 is 37.5 Å². The van der Waals surface area contributed by atoms with E-state index in [1.165, 1.54) is 23.7 Å². The summed E-state index contributed by atoms with van der Waals surface area (Å²) in [6.07, 6.45) is 5.98. The van der Waals surface area contributed by atoms with E-state index in [0.29, 0.717) is 20.8 Å². The number of rotatable bonds is 1.